The summed E-state index contributed by atoms with van der Waals surface area (Å²) < 4.78 is 5.72. The lowest BCUT2D eigenvalue weighted by Gasteiger charge is -2.35. The Morgan fingerprint density at radius 1 is 1.31 bits per heavy atom. The molecule has 3 unspecified atom stereocenters. The van der Waals surface area contributed by atoms with Crippen molar-refractivity contribution in [2.24, 2.45) is 0 Å². The van der Waals surface area contributed by atoms with E-state index in [2.05, 4.69) is 37.9 Å². The van der Waals surface area contributed by atoms with Gasteiger partial charge in [-0.1, -0.05) is 6.92 Å². The van der Waals surface area contributed by atoms with E-state index in [1.54, 1.807) is 0 Å². The lowest BCUT2D eigenvalue weighted by atomic mass is 10.2. The molecule has 0 aromatic rings. The van der Waals surface area contributed by atoms with Crippen molar-refractivity contribution < 1.29 is 4.74 Å². The minimum Gasteiger partial charge on any atom is -0.373 e. The molecule has 3 heteroatoms. The van der Waals surface area contributed by atoms with Gasteiger partial charge in [0.25, 0.3) is 0 Å². The maximum Gasteiger partial charge on any atom is 0.0678 e. The molecule has 96 valence electrons. The molecule has 1 saturated heterocycles. The minimum absolute atomic E-state index is 0.395. The molecule has 1 N–H and O–H groups in total. The molecule has 1 rings (SSSR count). The fourth-order valence-corrected chi connectivity index (χ4v) is 2.26. The van der Waals surface area contributed by atoms with Crippen LogP contribution >= 0.6 is 0 Å². The Labute approximate surface area is 101 Å². The largest absolute Gasteiger partial charge is 0.373 e. The highest BCUT2D eigenvalue weighted by molar-refractivity contribution is 4.73. The molecule has 0 bridgehead atoms. The van der Waals surface area contributed by atoms with Crippen LogP contribution < -0.4 is 5.32 Å². The molecule has 3 nitrogen and oxygen atoms in total. The average Bonchev–Trinajstić information content (AvgIpc) is 2.22. The SMILES string of the molecule is CCC(C)NCCCN1CC(C)OC(C)C1. The fourth-order valence-electron chi connectivity index (χ4n) is 2.26. The summed E-state index contributed by atoms with van der Waals surface area (Å²) >= 11 is 0. The summed E-state index contributed by atoms with van der Waals surface area (Å²) in [7, 11) is 0. The van der Waals surface area contributed by atoms with Crippen LogP contribution in [0.25, 0.3) is 0 Å². The number of nitrogens with zero attached hydrogens (tertiary/aromatic N) is 1. The fraction of sp³-hybridized carbons (Fsp3) is 1.00. The standard InChI is InChI=1S/C13H28N2O/c1-5-11(2)14-7-6-8-15-9-12(3)16-13(4)10-15/h11-14H,5-10H2,1-4H3. The molecule has 0 aliphatic carbocycles. The van der Waals surface area contributed by atoms with Crippen molar-refractivity contribution in [1.29, 1.82) is 0 Å². The predicted octanol–water partition coefficient (Wildman–Crippen LogP) is 1.87. The van der Waals surface area contributed by atoms with E-state index in [0.29, 0.717) is 18.2 Å². The molecule has 0 radical (unpaired) electrons. The molecule has 1 heterocycles. The van der Waals surface area contributed by atoms with Crippen LogP contribution in [0, 0.1) is 0 Å². The zero-order valence-corrected chi connectivity index (χ0v) is 11.3. The molecule has 3 atom stereocenters. The Kier molecular flexibility index (Phi) is 6.32. The van der Waals surface area contributed by atoms with Gasteiger partial charge >= 0.3 is 0 Å². The first-order valence-electron chi connectivity index (χ1n) is 6.73. The van der Waals surface area contributed by atoms with Crippen LogP contribution in [0.1, 0.15) is 40.5 Å². The third kappa shape index (κ3) is 5.28. The minimum atomic E-state index is 0.395. The smallest absolute Gasteiger partial charge is 0.0678 e. The van der Waals surface area contributed by atoms with E-state index >= 15 is 0 Å². The van der Waals surface area contributed by atoms with Crippen LogP contribution in [-0.2, 0) is 4.74 Å². The van der Waals surface area contributed by atoms with E-state index in [1.807, 2.05) is 0 Å². The molecule has 0 aromatic carbocycles. The molecule has 1 aliphatic heterocycles. The molecule has 0 aromatic heterocycles. The average molecular weight is 228 g/mol. The number of hydrogen-bond donors (Lipinski definition) is 1. The molecule has 1 fully saturated rings. The van der Waals surface area contributed by atoms with Crippen LogP contribution in [0.3, 0.4) is 0 Å². The summed E-state index contributed by atoms with van der Waals surface area (Å²) in [5, 5.41) is 3.54. The number of morpholine rings is 1. The predicted molar refractivity (Wildman–Crippen MR) is 68.8 cm³/mol. The Bertz CT molecular complexity index is 177. The summed E-state index contributed by atoms with van der Waals surface area (Å²) in [6.07, 6.45) is 3.24. The van der Waals surface area contributed by atoms with Crippen molar-refractivity contribution in [2.45, 2.75) is 58.8 Å². The number of ether oxygens (including phenoxy) is 1. The monoisotopic (exact) mass is 228 g/mol. The van der Waals surface area contributed by atoms with Crippen molar-refractivity contribution in [3.05, 3.63) is 0 Å². The van der Waals surface area contributed by atoms with Crippen molar-refractivity contribution in [2.75, 3.05) is 26.2 Å². The Morgan fingerprint density at radius 2 is 1.94 bits per heavy atom. The third-order valence-electron chi connectivity index (χ3n) is 3.25. The number of rotatable bonds is 6. The van der Waals surface area contributed by atoms with Crippen LogP contribution in [0.2, 0.25) is 0 Å². The van der Waals surface area contributed by atoms with E-state index in [1.165, 1.54) is 19.4 Å². The van der Waals surface area contributed by atoms with E-state index in [0.717, 1.165) is 19.6 Å². The lowest BCUT2D eigenvalue weighted by Crippen LogP contribution is -2.46. The Morgan fingerprint density at radius 3 is 2.50 bits per heavy atom. The van der Waals surface area contributed by atoms with E-state index < -0.39 is 0 Å². The first-order chi connectivity index (χ1) is 7.61. The van der Waals surface area contributed by atoms with Gasteiger partial charge in [0.15, 0.2) is 0 Å². The highest BCUT2D eigenvalue weighted by atomic mass is 16.5. The Balaban J connectivity index is 2.08. The highest BCUT2D eigenvalue weighted by Crippen LogP contribution is 2.10. The molecule has 0 spiro atoms. The summed E-state index contributed by atoms with van der Waals surface area (Å²) in [4.78, 5) is 2.52. The highest BCUT2D eigenvalue weighted by Gasteiger charge is 2.21. The summed E-state index contributed by atoms with van der Waals surface area (Å²) in [5.74, 6) is 0. The van der Waals surface area contributed by atoms with Crippen molar-refractivity contribution in [1.82, 2.24) is 10.2 Å². The molecular formula is C13H28N2O. The van der Waals surface area contributed by atoms with Gasteiger partial charge in [-0.15, -0.1) is 0 Å². The summed E-state index contributed by atoms with van der Waals surface area (Å²) in [6, 6.07) is 0.655. The van der Waals surface area contributed by atoms with Gasteiger partial charge in [-0.05, 0) is 46.7 Å². The van der Waals surface area contributed by atoms with Crippen LogP contribution in [0.4, 0.5) is 0 Å². The lowest BCUT2D eigenvalue weighted by molar-refractivity contribution is -0.0680. The van der Waals surface area contributed by atoms with Gasteiger partial charge in [0.1, 0.15) is 0 Å². The van der Waals surface area contributed by atoms with E-state index in [4.69, 9.17) is 4.74 Å². The van der Waals surface area contributed by atoms with Crippen LogP contribution in [0.5, 0.6) is 0 Å². The van der Waals surface area contributed by atoms with Crippen molar-refractivity contribution >= 4 is 0 Å². The molecule has 0 amide bonds. The maximum atomic E-state index is 5.72. The van der Waals surface area contributed by atoms with Crippen molar-refractivity contribution in [3.8, 4) is 0 Å². The zero-order chi connectivity index (χ0) is 12.0. The molecular weight excluding hydrogens is 200 g/mol. The first-order valence-corrected chi connectivity index (χ1v) is 6.73. The molecule has 0 saturated carbocycles. The third-order valence-corrected chi connectivity index (χ3v) is 3.25. The zero-order valence-electron chi connectivity index (χ0n) is 11.3. The second kappa shape index (κ2) is 7.25. The van der Waals surface area contributed by atoms with Gasteiger partial charge in [0.2, 0.25) is 0 Å². The first kappa shape index (κ1) is 13.9. The van der Waals surface area contributed by atoms with Gasteiger partial charge in [-0.3, -0.25) is 4.90 Å². The second-order valence-electron chi connectivity index (χ2n) is 5.13. The van der Waals surface area contributed by atoms with E-state index in [9.17, 15) is 0 Å². The number of nitrogens with one attached hydrogen (secondary N) is 1. The van der Waals surface area contributed by atoms with Gasteiger partial charge in [0.05, 0.1) is 12.2 Å². The van der Waals surface area contributed by atoms with Gasteiger partial charge in [-0.2, -0.15) is 0 Å². The Hall–Kier alpha value is -0.120. The molecule has 16 heavy (non-hydrogen) atoms. The normalized spacial score (nSPS) is 29.2. The second-order valence-corrected chi connectivity index (χ2v) is 5.13. The summed E-state index contributed by atoms with van der Waals surface area (Å²) in [6.45, 7) is 13.3. The van der Waals surface area contributed by atoms with Crippen LogP contribution in [0.15, 0.2) is 0 Å². The van der Waals surface area contributed by atoms with Gasteiger partial charge < -0.3 is 10.1 Å². The molecule has 1 aliphatic rings. The quantitative estimate of drug-likeness (QED) is 0.703. The van der Waals surface area contributed by atoms with Gasteiger partial charge in [0, 0.05) is 19.1 Å². The van der Waals surface area contributed by atoms with E-state index in [-0.39, 0.29) is 0 Å². The van der Waals surface area contributed by atoms with Crippen LogP contribution in [-0.4, -0.2) is 49.3 Å². The van der Waals surface area contributed by atoms with Crippen molar-refractivity contribution in [3.63, 3.8) is 0 Å². The maximum absolute atomic E-state index is 5.72. The topological polar surface area (TPSA) is 24.5 Å². The number of hydrogen-bond acceptors (Lipinski definition) is 3. The summed E-state index contributed by atoms with van der Waals surface area (Å²) in [5.41, 5.74) is 0. The van der Waals surface area contributed by atoms with Gasteiger partial charge in [-0.25, -0.2) is 0 Å².